The second-order valence-corrected chi connectivity index (χ2v) is 7.27. The number of fused-ring (bicyclic) bond motifs is 1. The molecule has 0 radical (unpaired) electrons. The highest BCUT2D eigenvalue weighted by Gasteiger charge is 2.36. The van der Waals surface area contributed by atoms with E-state index < -0.39 is 0 Å². The maximum absolute atomic E-state index is 12.8. The van der Waals surface area contributed by atoms with E-state index in [0.29, 0.717) is 12.5 Å². The van der Waals surface area contributed by atoms with Crippen molar-refractivity contribution in [3.05, 3.63) is 17.8 Å². The molecule has 2 fully saturated rings. The van der Waals surface area contributed by atoms with Gasteiger partial charge in [0, 0.05) is 19.1 Å². The van der Waals surface area contributed by atoms with Gasteiger partial charge in [0.15, 0.2) is 0 Å². The molecular weight excluding hydrogens is 310 g/mol. The summed E-state index contributed by atoms with van der Waals surface area (Å²) in [6, 6.07) is 2.01. The third kappa shape index (κ3) is 2.79. The van der Waals surface area contributed by atoms with Crippen LogP contribution in [0.5, 0.6) is 0 Å². The molecule has 0 spiro atoms. The summed E-state index contributed by atoms with van der Waals surface area (Å²) in [6.07, 6.45) is 5.82. The summed E-state index contributed by atoms with van der Waals surface area (Å²) < 4.78 is 0. The molecule has 0 bridgehead atoms. The lowest BCUT2D eigenvalue weighted by Gasteiger charge is -2.27. The van der Waals surface area contributed by atoms with Crippen LogP contribution in [0.25, 0.3) is 10.2 Å². The zero-order chi connectivity index (χ0) is 15.8. The Balaban J connectivity index is 1.56. The zero-order valence-corrected chi connectivity index (χ0v) is 13.8. The first kappa shape index (κ1) is 14.8. The fraction of sp³-hybridized carbons (Fsp3) is 0.562. The van der Waals surface area contributed by atoms with Gasteiger partial charge in [0.25, 0.3) is 0 Å². The highest BCUT2D eigenvalue weighted by molar-refractivity contribution is 7.16. The predicted octanol–water partition coefficient (Wildman–Crippen LogP) is 1.51. The molecular formula is C16H21N5OS. The molecule has 2 aromatic heterocycles. The fourth-order valence-corrected chi connectivity index (χ4v) is 4.17. The molecule has 23 heavy (non-hydrogen) atoms. The first-order valence-corrected chi connectivity index (χ1v) is 9.11. The van der Waals surface area contributed by atoms with Crippen LogP contribution in [0.2, 0.25) is 0 Å². The van der Waals surface area contributed by atoms with E-state index in [1.54, 1.807) is 17.7 Å². The van der Waals surface area contributed by atoms with Crippen molar-refractivity contribution in [1.29, 1.82) is 0 Å². The van der Waals surface area contributed by atoms with Gasteiger partial charge in [-0.15, -0.1) is 11.3 Å². The third-order valence-electron chi connectivity index (χ3n) is 4.84. The zero-order valence-electron chi connectivity index (χ0n) is 12.9. The van der Waals surface area contributed by atoms with E-state index in [4.69, 9.17) is 5.73 Å². The number of carbonyl (C=O) groups excluding carboxylic acids is 1. The minimum Gasteiger partial charge on any atom is -0.350 e. The summed E-state index contributed by atoms with van der Waals surface area (Å²) in [7, 11) is 0. The monoisotopic (exact) mass is 331 g/mol. The second kappa shape index (κ2) is 6.05. The summed E-state index contributed by atoms with van der Waals surface area (Å²) in [5.41, 5.74) is 5.82. The number of nitrogens with one attached hydrogen (secondary N) is 1. The van der Waals surface area contributed by atoms with Gasteiger partial charge in [-0.25, -0.2) is 9.97 Å². The first-order valence-electron chi connectivity index (χ1n) is 8.23. The van der Waals surface area contributed by atoms with Crippen molar-refractivity contribution in [3.8, 4) is 0 Å². The summed E-state index contributed by atoms with van der Waals surface area (Å²) >= 11 is 1.60. The van der Waals surface area contributed by atoms with E-state index >= 15 is 0 Å². The Morgan fingerprint density at radius 3 is 3.09 bits per heavy atom. The Bertz CT molecular complexity index is 713. The predicted molar refractivity (Wildman–Crippen MR) is 91.5 cm³/mol. The molecule has 1 saturated heterocycles. The molecule has 1 amide bonds. The molecule has 1 aliphatic heterocycles. The van der Waals surface area contributed by atoms with E-state index in [-0.39, 0.29) is 18.0 Å². The van der Waals surface area contributed by atoms with E-state index in [0.717, 1.165) is 35.4 Å². The highest BCUT2D eigenvalue weighted by Crippen LogP contribution is 2.34. The fourth-order valence-electron chi connectivity index (χ4n) is 3.45. The quantitative estimate of drug-likeness (QED) is 0.868. The average molecular weight is 331 g/mol. The number of rotatable bonds is 5. The maximum Gasteiger partial charge on any atom is 0.243 e. The standard InChI is InChI=1S/C16H21N5OS/c17-8-12(10-3-4-10)20-15(22)13-2-1-6-21(13)14-11-5-7-23-16(11)19-9-18-14/h5,7,9-10,12-13H,1-4,6,8,17H2,(H,20,22). The topological polar surface area (TPSA) is 84.1 Å². The smallest absolute Gasteiger partial charge is 0.243 e. The van der Waals surface area contributed by atoms with E-state index in [1.807, 2.05) is 11.4 Å². The van der Waals surface area contributed by atoms with Crippen molar-refractivity contribution in [3.63, 3.8) is 0 Å². The molecule has 2 unspecified atom stereocenters. The second-order valence-electron chi connectivity index (χ2n) is 6.38. The van der Waals surface area contributed by atoms with Crippen molar-refractivity contribution < 1.29 is 4.79 Å². The lowest BCUT2D eigenvalue weighted by Crippen LogP contribution is -2.50. The van der Waals surface area contributed by atoms with Gasteiger partial charge in [-0.05, 0) is 43.0 Å². The lowest BCUT2D eigenvalue weighted by atomic mass is 10.1. The van der Waals surface area contributed by atoms with Gasteiger partial charge in [-0.1, -0.05) is 0 Å². The lowest BCUT2D eigenvalue weighted by molar-refractivity contribution is -0.123. The maximum atomic E-state index is 12.8. The van der Waals surface area contributed by atoms with E-state index in [9.17, 15) is 4.79 Å². The number of carbonyl (C=O) groups is 1. The molecule has 3 N–H and O–H groups in total. The molecule has 2 aliphatic rings. The Labute approximate surface area is 139 Å². The van der Waals surface area contributed by atoms with Crippen LogP contribution in [0, 0.1) is 5.92 Å². The Hall–Kier alpha value is -1.73. The van der Waals surface area contributed by atoms with Crippen LogP contribution in [0.15, 0.2) is 17.8 Å². The van der Waals surface area contributed by atoms with E-state index in [1.165, 1.54) is 12.8 Å². The number of hydrogen-bond donors (Lipinski definition) is 2. The summed E-state index contributed by atoms with van der Waals surface area (Å²) in [5.74, 6) is 1.54. The normalized spacial score (nSPS) is 22.5. The highest BCUT2D eigenvalue weighted by atomic mass is 32.1. The van der Waals surface area contributed by atoms with Crippen LogP contribution in [-0.2, 0) is 4.79 Å². The summed E-state index contributed by atoms with van der Waals surface area (Å²) in [4.78, 5) is 24.6. The average Bonchev–Trinajstić information content (AvgIpc) is 3.11. The number of aromatic nitrogens is 2. The van der Waals surface area contributed by atoms with Gasteiger partial charge in [0.2, 0.25) is 5.91 Å². The van der Waals surface area contributed by atoms with Gasteiger partial charge in [0.1, 0.15) is 23.0 Å². The van der Waals surface area contributed by atoms with Gasteiger partial charge in [-0.3, -0.25) is 4.79 Å². The molecule has 6 nitrogen and oxygen atoms in total. The van der Waals surface area contributed by atoms with Crippen LogP contribution in [-0.4, -0.2) is 41.0 Å². The van der Waals surface area contributed by atoms with Crippen LogP contribution in [0.4, 0.5) is 5.82 Å². The van der Waals surface area contributed by atoms with E-state index in [2.05, 4.69) is 20.2 Å². The summed E-state index contributed by atoms with van der Waals surface area (Å²) in [6.45, 7) is 1.38. The minimum absolute atomic E-state index is 0.0897. The van der Waals surface area contributed by atoms with Crippen molar-refractivity contribution in [2.24, 2.45) is 11.7 Å². The number of thiophene rings is 1. The minimum atomic E-state index is -0.152. The molecule has 4 rings (SSSR count). The Morgan fingerprint density at radius 2 is 2.30 bits per heavy atom. The first-order chi connectivity index (χ1) is 11.3. The number of hydrogen-bond acceptors (Lipinski definition) is 6. The molecule has 2 atom stereocenters. The molecule has 1 saturated carbocycles. The molecule has 0 aromatic carbocycles. The van der Waals surface area contributed by atoms with Crippen LogP contribution in [0.1, 0.15) is 25.7 Å². The number of nitrogens with two attached hydrogens (primary N) is 1. The third-order valence-corrected chi connectivity index (χ3v) is 5.66. The van der Waals surface area contributed by atoms with Gasteiger partial charge in [-0.2, -0.15) is 0 Å². The molecule has 2 aromatic rings. The van der Waals surface area contributed by atoms with Crippen molar-refractivity contribution in [2.45, 2.75) is 37.8 Å². The summed E-state index contributed by atoms with van der Waals surface area (Å²) in [5, 5.41) is 6.22. The number of nitrogens with zero attached hydrogens (tertiary/aromatic N) is 3. The van der Waals surface area contributed by atoms with Gasteiger partial charge in [0.05, 0.1) is 5.39 Å². The van der Waals surface area contributed by atoms with Gasteiger partial charge >= 0.3 is 0 Å². The largest absolute Gasteiger partial charge is 0.350 e. The van der Waals surface area contributed by atoms with Crippen LogP contribution < -0.4 is 16.0 Å². The molecule has 122 valence electrons. The molecule has 7 heteroatoms. The van der Waals surface area contributed by atoms with Crippen LogP contribution >= 0.6 is 11.3 Å². The Morgan fingerprint density at radius 1 is 1.43 bits per heavy atom. The molecule has 3 heterocycles. The van der Waals surface area contributed by atoms with Gasteiger partial charge < -0.3 is 16.0 Å². The number of anilines is 1. The molecule has 1 aliphatic carbocycles. The Kier molecular flexibility index (Phi) is 3.90. The van der Waals surface area contributed by atoms with Crippen molar-refractivity contribution in [2.75, 3.05) is 18.0 Å². The van der Waals surface area contributed by atoms with Crippen LogP contribution in [0.3, 0.4) is 0 Å². The van der Waals surface area contributed by atoms with Crippen molar-refractivity contribution in [1.82, 2.24) is 15.3 Å². The number of amides is 1. The van der Waals surface area contributed by atoms with Crippen molar-refractivity contribution >= 4 is 33.3 Å². The SMILES string of the molecule is NCC(NC(=O)C1CCCN1c1ncnc2sccc12)C1CC1.